The Bertz CT molecular complexity index is 3600. The van der Waals surface area contributed by atoms with E-state index in [1.54, 1.807) is 0 Å². The largest absolute Gasteiger partial charge is 0.456 e. The van der Waals surface area contributed by atoms with E-state index >= 15 is 0 Å². The second-order valence-corrected chi connectivity index (χ2v) is 15.6. The number of hydrogen-bond donors (Lipinski definition) is 0. The summed E-state index contributed by atoms with van der Waals surface area (Å²) < 4.78 is 6.52. The van der Waals surface area contributed by atoms with E-state index in [9.17, 15) is 0 Å². The fourth-order valence-electron chi connectivity index (χ4n) is 9.38. The van der Waals surface area contributed by atoms with Gasteiger partial charge in [-0.3, -0.25) is 0 Å². The number of hydrogen-bond acceptors (Lipinski definition) is 2. The summed E-state index contributed by atoms with van der Waals surface area (Å²) >= 11 is 0. The first kappa shape index (κ1) is 34.1. The van der Waals surface area contributed by atoms with E-state index in [-0.39, 0.29) is 0 Å². The average molecular weight is 764 g/mol. The summed E-state index contributed by atoms with van der Waals surface area (Å²) in [6, 6.07) is 81.4. The van der Waals surface area contributed by atoms with Crippen LogP contribution >= 0.6 is 0 Å². The molecular formula is C58H37NO. The Morgan fingerprint density at radius 2 is 0.883 bits per heavy atom. The number of rotatable bonds is 6. The Hall–Kier alpha value is -7.94. The van der Waals surface area contributed by atoms with Crippen molar-refractivity contribution in [1.82, 2.24) is 0 Å². The van der Waals surface area contributed by atoms with Gasteiger partial charge in [0.25, 0.3) is 0 Å². The van der Waals surface area contributed by atoms with Crippen LogP contribution in [-0.4, -0.2) is 0 Å². The molecule has 0 unspecified atom stereocenters. The lowest BCUT2D eigenvalue weighted by molar-refractivity contribution is 0.669. The number of para-hydroxylation sites is 1. The SMILES string of the molecule is c1ccc(-c2ccc(-c3cccc4c3ccc3ccccc34)cc2N(c2ccc(-c3ccc4c(ccc5ccccc54)c3)cc2)c2cccc3oc4ccccc4c23)cc1. The highest BCUT2D eigenvalue weighted by Gasteiger charge is 2.23. The molecule has 0 saturated carbocycles. The van der Waals surface area contributed by atoms with Crippen LogP contribution in [0.1, 0.15) is 0 Å². The van der Waals surface area contributed by atoms with Crippen molar-refractivity contribution in [2.45, 2.75) is 0 Å². The monoisotopic (exact) mass is 763 g/mol. The summed E-state index contributed by atoms with van der Waals surface area (Å²) in [6.07, 6.45) is 0. The summed E-state index contributed by atoms with van der Waals surface area (Å²) in [5.41, 5.74) is 11.9. The van der Waals surface area contributed by atoms with Gasteiger partial charge in [0.1, 0.15) is 11.2 Å². The minimum atomic E-state index is 0.859. The van der Waals surface area contributed by atoms with Crippen LogP contribution in [0.25, 0.3) is 98.4 Å². The van der Waals surface area contributed by atoms with Crippen LogP contribution in [0.4, 0.5) is 17.1 Å². The molecule has 0 aliphatic heterocycles. The van der Waals surface area contributed by atoms with E-state index in [0.717, 1.165) is 55.7 Å². The second-order valence-electron chi connectivity index (χ2n) is 15.6. The van der Waals surface area contributed by atoms with Crippen LogP contribution in [0.3, 0.4) is 0 Å². The molecule has 0 spiro atoms. The molecule has 12 aromatic rings. The predicted molar refractivity (Wildman–Crippen MR) is 255 cm³/mol. The van der Waals surface area contributed by atoms with Crippen LogP contribution in [0.5, 0.6) is 0 Å². The summed E-state index contributed by atoms with van der Waals surface area (Å²) in [7, 11) is 0. The van der Waals surface area contributed by atoms with Crippen molar-refractivity contribution in [1.29, 1.82) is 0 Å². The quantitative estimate of drug-likeness (QED) is 0.157. The molecule has 0 radical (unpaired) electrons. The van der Waals surface area contributed by atoms with Crippen molar-refractivity contribution in [3.05, 3.63) is 224 Å². The third-order valence-electron chi connectivity index (χ3n) is 12.2. The predicted octanol–water partition coefficient (Wildman–Crippen LogP) is 16.7. The van der Waals surface area contributed by atoms with Crippen LogP contribution in [0, 0.1) is 0 Å². The first-order valence-electron chi connectivity index (χ1n) is 20.6. The summed E-state index contributed by atoms with van der Waals surface area (Å²) in [6.45, 7) is 0. The van der Waals surface area contributed by atoms with Crippen molar-refractivity contribution in [3.63, 3.8) is 0 Å². The van der Waals surface area contributed by atoms with Gasteiger partial charge in [-0.1, -0.05) is 182 Å². The molecule has 2 nitrogen and oxygen atoms in total. The second kappa shape index (κ2) is 13.9. The highest BCUT2D eigenvalue weighted by molar-refractivity contribution is 6.15. The Balaban J connectivity index is 1.09. The van der Waals surface area contributed by atoms with Crippen molar-refractivity contribution in [2.75, 3.05) is 4.90 Å². The molecule has 12 rings (SSSR count). The smallest absolute Gasteiger partial charge is 0.137 e. The van der Waals surface area contributed by atoms with Gasteiger partial charge in [-0.15, -0.1) is 0 Å². The van der Waals surface area contributed by atoms with E-state index in [2.05, 4.69) is 223 Å². The van der Waals surface area contributed by atoms with Gasteiger partial charge >= 0.3 is 0 Å². The lowest BCUT2D eigenvalue weighted by Gasteiger charge is -2.29. The third kappa shape index (κ3) is 5.57. The van der Waals surface area contributed by atoms with Crippen LogP contribution in [0.2, 0.25) is 0 Å². The van der Waals surface area contributed by atoms with Gasteiger partial charge in [-0.2, -0.15) is 0 Å². The molecule has 1 heterocycles. The molecule has 280 valence electrons. The maximum absolute atomic E-state index is 6.52. The molecule has 2 heteroatoms. The van der Waals surface area contributed by atoms with Gasteiger partial charge in [0, 0.05) is 16.6 Å². The topological polar surface area (TPSA) is 16.4 Å². The Labute approximate surface area is 347 Å². The van der Waals surface area contributed by atoms with Crippen molar-refractivity contribution >= 4 is 82.1 Å². The van der Waals surface area contributed by atoms with Crippen molar-refractivity contribution < 1.29 is 4.42 Å². The third-order valence-corrected chi connectivity index (χ3v) is 12.2. The van der Waals surface area contributed by atoms with Gasteiger partial charge in [0.15, 0.2) is 0 Å². The summed E-state index contributed by atoms with van der Waals surface area (Å²) in [5, 5.41) is 12.2. The molecule has 0 aliphatic carbocycles. The fourth-order valence-corrected chi connectivity index (χ4v) is 9.38. The number of benzene rings is 11. The van der Waals surface area contributed by atoms with Crippen molar-refractivity contribution in [2.24, 2.45) is 0 Å². The Morgan fingerprint density at radius 1 is 0.283 bits per heavy atom. The maximum Gasteiger partial charge on any atom is 0.137 e. The highest BCUT2D eigenvalue weighted by atomic mass is 16.3. The number of fused-ring (bicyclic) bond motifs is 9. The number of furan rings is 1. The minimum Gasteiger partial charge on any atom is -0.456 e. The zero-order valence-corrected chi connectivity index (χ0v) is 32.7. The van der Waals surface area contributed by atoms with Gasteiger partial charge in [0.2, 0.25) is 0 Å². The van der Waals surface area contributed by atoms with E-state index in [1.165, 1.54) is 59.8 Å². The number of anilines is 3. The molecule has 0 saturated heterocycles. The molecule has 0 aliphatic rings. The molecule has 0 N–H and O–H groups in total. The first-order valence-corrected chi connectivity index (χ1v) is 20.6. The van der Waals surface area contributed by atoms with E-state index in [0.29, 0.717) is 0 Å². The lowest BCUT2D eigenvalue weighted by Crippen LogP contribution is -2.12. The minimum absolute atomic E-state index is 0.859. The average Bonchev–Trinajstić information content (AvgIpc) is 3.71. The molecule has 1 aromatic heterocycles. The Kier molecular flexibility index (Phi) is 7.89. The van der Waals surface area contributed by atoms with Crippen LogP contribution < -0.4 is 4.90 Å². The van der Waals surface area contributed by atoms with E-state index in [1.807, 2.05) is 6.07 Å². The Morgan fingerprint density at radius 3 is 1.72 bits per heavy atom. The molecule has 11 aromatic carbocycles. The highest BCUT2D eigenvalue weighted by Crippen LogP contribution is 2.48. The number of nitrogens with zero attached hydrogens (tertiary/aromatic N) is 1. The zero-order valence-electron chi connectivity index (χ0n) is 32.7. The van der Waals surface area contributed by atoms with Gasteiger partial charge < -0.3 is 9.32 Å². The summed E-state index contributed by atoms with van der Waals surface area (Å²) in [4.78, 5) is 2.44. The van der Waals surface area contributed by atoms with Crippen molar-refractivity contribution in [3.8, 4) is 33.4 Å². The van der Waals surface area contributed by atoms with Crippen LogP contribution in [0.15, 0.2) is 229 Å². The fraction of sp³-hybridized carbons (Fsp3) is 0. The van der Waals surface area contributed by atoms with Crippen LogP contribution in [-0.2, 0) is 0 Å². The molecule has 0 bridgehead atoms. The van der Waals surface area contributed by atoms with Gasteiger partial charge in [-0.05, 0) is 113 Å². The lowest BCUT2D eigenvalue weighted by atomic mass is 9.92. The van der Waals surface area contributed by atoms with E-state index in [4.69, 9.17) is 4.42 Å². The standard InChI is InChI=1S/C58H37NO/c1-2-12-39(13-3-1)50-34-30-44(48-19-10-20-51-47-17-7-5-15-41(47)28-35-52(48)51)37-55(50)59(54-21-11-23-57-58(54)53-18-8-9-22-56(53)60-57)45-31-26-38(27-32-45)42-29-33-49-43(36-42)25-24-40-14-4-6-16-46(40)49/h1-37H. The molecule has 0 atom stereocenters. The normalized spacial score (nSPS) is 11.7. The first-order chi connectivity index (χ1) is 29.7. The molecule has 0 amide bonds. The molecular weight excluding hydrogens is 727 g/mol. The van der Waals surface area contributed by atoms with E-state index < -0.39 is 0 Å². The maximum atomic E-state index is 6.52. The molecule has 0 fully saturated rings. The van der Waals surface area contributed by atoms with Gasteiger partial charge in [-0.25, -0.2) is 0 Å². The molecule has 60 heavy (non-hydrogen) atoms. The van der Waals surface area contributed by atoms with Gasteiger partial charge in [0.05, 0.1) is 16.8 Å². The summed E-state index contributed by atoms with van der Waals surface area (Å²) in [5.74, 6) is 0. The zero-order chi connectivity index (χ0) is 39.6.